The Bertz CT molecular complexity index is 526. The molecule has 0 aromatic heterocycles. The van der Waals surface area contributed by atoms with Gasteiger partial charge in [-0.25, -0.2) is 0 Å². The fourth-order valence-electron chi connectivity index (χ4n) is 2.61. The van der Waals surface area contributed by atoms with E-state index in [1.54, 1.807) is 6.08 Å². The normalized spacial score (nSPS) is 17.8. The monoisotopic (exact) mass is 301 g/mol. The lowest BCUT2D eigenvalue weighted by Crippen LogP contribution is -2.46. The second-order valence-corrected chi connectivity index (χ2v) is 5.88. The Morgan fingerprint density at radius 2 is 1.77 bits per heavy atom. The highest BCUT2D eigenvalue weighted by Gasteiger charge is 2.16. The van der Waals surface area contributed by atoms with Crippen LogP contribution in [0.2, 0.25) is 0 Å². The summed E-state index contributed by atoms with van der Waals surface area (Å²) in [5.41, 5.74) is 9.07. The Labute approximate surface area is 133 Å². The van der Waals surface area contributed by atoms with Crippen LogP contribution in [0.3, 0.4) is 0 Å². The van der Waals surface area contributed by atoms with Gasteiger partial charge in [0.15, 0.2) is 0 Å². The fraction of sp³-hybridized carbons (Fsp3) is 0.444. The second kappa shape index (κ2) is 7.90. The minimum Gasteiger partial charge on any atom is -0.512 e. The van der Waals surface area contributed by atoms with E-state index in [0.717, 1.165) is 38.4 Å². The molecule has 1 aliphatic heterocycles. The lowest BCUT2D eigenvalue weighted by atomic mass is 10.2. The summed E-state index contributed by atoms with van der Waals surface area (Å²) in [5.74, 6) is 0.438. The van der Waals surface area contributed by atoms with E-state index in [1.807, 2.05) is 25.1 Å². The number of nitrogens with zero attached hydrogens (tertiary/aromatic N) is 2. The van der Waals surface area contributed by atoms with Crippen molar-refractivity contribution in [1.82, 2.24) is 4.90 Å². The average Bonchev–Trinajstić information content (AvgIpc) is 2.54. The molecule has 1 aliphatic rings. The van der Waals surface area contributed by atoms with E-state index in [2.05, 4.69) is 28.9 Å². The molecule has 0 spiro atoms. The van der Waals surface area contributed by atoms with Crippen molar-refractivity contribution in [2.75, 3.05) is 43.4 Å². The molecule has 3 N–H and O–H groups in total. The minimum absolute atomic E-state index is 0.438. The number of hydrogen-bond acceptors (Lipinski definition) is 4. The van der Waals surface area contributed by atoms with Gasteiger partial charge >= 0.3 is 0 Å². The van der Waals surface area contributed by atoms with Crippen LogP contribution >= 0.6 is 0 Å². The van der Waals surface area contributed by atoms with Gasteiger partial charge in [-0.1, -0.05) is 18.6 Å². The highest BCUT2D eigenvalue weighted by molar-refractivity contribution is 5.53. The van der Waals surface area contributed by atoms with Gasteiger partial charge in [0.1, 0.15) is 0 Å². The van der Waals surface area contributed by atoms with E-state index in [1.165, 1.54) is 11.3 Å². The lowest BCUT2D eigenvalue weighted by Gasteiger charge is -2.36. The molecular weight excluding hydrogens is 274 g/mol. The van der Waals surface area contributed by atoms with E-state index in [9.17, 15) is 5.11 Å². The third-order valence-corrected chi connectivity index (χ3v) is 4.03. The quantitative estimate of drug-likeness (QED) is 0.498. The third-order valence-electron chi connectivity index (χ3n) is 4.03. The number of allylic oxidation sites excluding steroid dienone is 3. The molecule has 22 heavy (non-hydrogen) atoms. The summed E-state index contributed by atoms with van der Waals surface area (Å²) >= 11 is 0. The standard InChI is InChI=1S/C18H27N3O/c1-3-18(22)9-4-15(2)14-20-10-12-21(13-11-20)17-7-5-16(19)6-8-17/h4-9,22H,3,10-14,19H2,1-2H3/b15-4+,18-9+. The number of aliphatic hydroxyl groups is 1. The van der Waals surface area contributed by atoms with E-state index < -0.39 is 0 Å². The molecule has 1 heterocycles. The maximum atomic E-state index is 9.48. The molecule has 1 aromatic rings. The molecule has 0 saturated carbocycles. The van der Waals surface area contributed by atoms with E-state index in [-0.39, 0.29) is 0 Å². The molecule has 120 valence electrons. The number of nitrogen functional groups attached to an aromatic ring is 1. The number of benzene rings is 1. The van der Waals surface area contributed by atoms with Crippen molar-refractivity contribution in [3.8, 4) is 0 Å². The maximum absolute atomic E-state index is 9.48. The molecule has 0 radical (unpaired) electrons. The van der Waals surface area contributed by atoms with Crippen molar-refractivity contribution in [2.24, 2.45) is 0 Å². The minimum atomic E-state index is 0.438. The average molecular weight is 301 g/mol. The van der Waals surface area contributed by atoms with Crippen LogP contribution in [-0.2, 0) is 0 Å². The summed E-state index contributed by atoms with van der Waals surface area (Å²) in [5, 5.41) is 9.48. The zero-order chi connectivity index (χ0) is 15.9. The molecule has 4 heteroatoms. The first-order valence-electron chi connectivity index (χ1n) is 7.96. The van der Waals surface area contributed by atoms with Crippen LogP contribution in [0.1, 0.15) is 20.3 Å². The van der Waals surface area contributed by atoms with Crippen LogP contribution in [0, 0.1) is 0 Å². The topological polar surface area (TPSA) is 52.7 Å². The Morgan fingerprint density at radius 1 is 1.14 bits per heavy atom. The van der Waals surface area contributed by atoms with Crippen molar-refractivity contribution in [3.05, 3.63) is 47.7 Å². The van der Waals surface area contributed by atoms with Crippen LogP contribution < -0.4 is 10.6 Å². The number of nitrogens with two attached hydrogens (primary N) is 1. The Balaban J connectivity index is 1.83. The summed E-state index contributed by atoms with van der Waals surface area (Å²) in [7, 11) is 0. The van der Waals surface area contributed by atoms with E-state index >= 15 is 0 Å². The van der Waals surface area contributed by atoms with Gasteiger partial charge in [0, 0.05) is 50.5 Å². The van der Waals surface area contributed by atoms with Gasteiger partial charge in [0.2, 0.25) is 0 Å². The summed E-state index contributed by atoms with van der Waals surface area (Å²) in [4.78, 5) is 4.86. The summed E-state index contributed by atoms with van der Waals surface area (Å²) in [6.45, 7) is 9.21. The van der Waals surface area contributed by atoms with Crippen LogP contribution in [0.5, 0.6) is 0 Å². The number of aliphatic hydroxyl groups excluding tert-OH is 1. The Kier molecular flexibility index (Phi) is 5.90. The summed E-state index contributed by atoms with van der Waals surface area (Å²) in [6.07, 6.45) is 4.51. The van der Waals surface area contributed by atoms with Gasteiger partial charge in [-0.15, -0.1) is 0 Å². The molecule has 0 amide bonds. The molecule has 2 rings (SSSR count). The number of hydrogen-bond donors (Lipinski definition) is 2. The molecule has 1 fully saturated rings. The number of rotatable bonds is 5. The van der Waals surface area contributed by atoms with Crippen LogP contribution in [0.15, 0.2) is 47.7 Å². The molecule has 1 aromatic carbocycles. The third kappa shape index (κ3) is 4.81. The molecule has 0 aliphatic carbocycles. The van der Waals surface area contributed by atoms with Crippen molar-refractivity contribution >= 4 is 11.4 Å². The van der Waals surface area contributed by atoms with Crippen molar-refractivity contribution in [3.63, 3.8) is 0 Å². The second-order valence-electron chi connectivity index (χ2n) is 5.88. The highest BCUT2D eigenvalue weighted by atomic mass is 16.3. The first-order chi connectivity index (χ1) is 10.6. The molecular formula is C18H27N3O. The smallest absolute Gasteiger partial charge is 0.0919 e. The largest absolute Gasteiger partial charge is 0.512 e. The van der Waals surface area contributed by atoms with Crippen molar-refractivity contribution < 1.29 is 5.11 Å². The van der Waals surface area contributed by atoms with Crippen molar-refractivity contribution in [1.29, 1.82) is 0 Å². The van der Waals surface area contributed by atoms with Gasteiger partial charge in [-0.3, -0.25) is 4.90 Å². The Morgan fingerprint density at radius 3 is 2.36 bits per heavy atom. The molecule has 0 unspecified atom stereocenters. The number of piperazine rings is 1. The molecule has 0 bridgehead atoms. The summed E-state index contributed by atoms with van der Waals surface area (Å²) in [6, 6.07) is 8.10. The SMILES string of the molecule is CC/C(O)=C\C=C(/C)CN1CCN(c2ccc(N)cc2)CC1. The van der Waals surface area contributed by atoms with Gasteiger partial charge in [0.25, 0.3) is 0 Å². The maximum Gasteiger partial charge on any atom is 0.0919 e. The van der Waals surface area contributed by atoms with Gasteiger partial charge in [0.05, 0.1) is 5.76 Å². The molecule has 4 nitrogen and oxygen atoms in total. The lowest BCUT2D eigenvalue weighted by molar-refractivity contribution is 0.278. The molecule has 1 saturated heterocycles. The fourth-order valence-corrected chi connectivity index (χ4v) is 2.61. The number of anilines is 2. The zero-order valence-corrected chi connectivity index (χ0v) is 13.6. The predicted molar refractivity (Wildman–Crippen MR) is 94.3 cm³/mol. The van der Waals surface area contributed by atoms with E-state index in [4.69, 9.17) is 5.73 Å². The zero-order valence-electron chi connectivity index (χ0n) is 13.6. The first kappa shape index (κ1) is 16.4. The predicted octanol–water partition coefficient (Wildman–Crippen LogP) is 3.19. The van der Waals surface area contributed by atoms with E-state index in [0.29, 0.717) is 12.2 Å². The van der Waals surface area contributed by atoms with Crippen LogP contribution in [0.4, 0.5) is 11.4 Å². The molecule has 0 atom stereocenters. The van der Waals surface area contributed by atoms with Gasteiger partial charge < -0.3 is 15.7 Å². The Hall–Kier alpha value is -1.94. The van der Waals surface area contributed by atoms with Gasteiger partial charge in [-0.05, 0) is 37.3 Å². The van der Waals surface area contributed by atoms with Gasteiger partial charge in [-0.2, -0.15) is 0 Å². The highest BCUT2D eigenvalue weighted by Crippen LogP contribution is 2.18. The van der Waals surface area contributed by atoms with Crippen molar-refractivity contribution in [2.45, 2.75) is 20.3 Å². The first-order valence-corrected chi connectivity index (χ1v) is 7.96. The van der Waals surface area contributed by atoms with Crippen LogP contribution in [-0.4, -0.2) is 42.7 Å². The summed E-state index contributed by atoms with van der Waals surface area (Å²) < 4.78 is 0. The van der Waals surface area contributed by atoms with Crippen LogP contribution in [0.25, 0.3) is 0 Å².